The standard InChI is InChI=1S/C12H15Br2ClO/c13-10-6-5-7-11(14)12(10)16-9-4-2-1-3-8-15/h5-7H,1-4,8-9H2. The van der Waals surface area contributed by atoms with Gasteiger partial charge in [-0.3, -0.25) is 0 Å². The lowest BCUT2D eigenvalue weighted by Gasteiger charge is -2.09. The van der Waals surface area contributed by atoms with E-state index >= 15 is 0 Å². The average molecular weight is 371 g/mol. The number of halogens is 3. The van der Waals surface area contributed by atoms with E-state index in [9.17, 15) is 0 Å². The minimum absolute atomic E-state index is 0.753. The fourth-order valence-electron chi connectivity index (χ4n) is 1.34. The minimum Gasteiger partial charge on any atom is -0.491 e. The van der Waals surface area contributed by atoms with Crippen LogP contribution in [-0.4, -0.2) is 12.5 Å². The summed E-state index contributed by atoms with van der Waals surface area (Å²) < 4.78 is 7.70. The van der Waals surface area contributed by atoms with Crippen molar-refractivity contribution in [2.75, 3.05) is 12.5 Å². The molecule has 0 atom stereocenters. The van der Waals surface area contributed by atoms with E-state index in [1.807, 2.05) is 18.2 Å². The second-order valence-corrected chi connectivity index (χ2v) is 5.59. The van der Waals surface area contributed by atoms with Crippen molar-refractivity contribution in [3.8, 4) is 5.75 Å². The number of benzene rings is 1. The second kappa shape index (κ2) is 8.37. The van der Waals surface area contributed by atoms with E-state index in [0.29, 0.717) is 0 Å². The Bertz CT molecular complexity index is 298. The van der Waals surface area contributed by atoms with Crippen LogP contribution in [0.2, 0.25) is 0 Å². The van der Waals surface area contributed by atoms with Crippen molar-refractivity contribution in [2.45, 2.75) is 25.7 Å². The minimum atomic E-state index is 0.753. The Morgan fingerprint density at radius 1 is 1.00 bits per heavy atom. The van der Waals surface area contributed by atoms with Crippen molar-refractivity contribution in [1.82, 2.24) is 0 Å². The van der Waals surface area contributed by atoms with E-state index in [1.165, 1.54) is 12.8 Å². The maximum atomic E-state index is 5.72. The number of hydrogen-bond acceptors (Lipinski definition) is 1. The molecule has 0 aromatic heterocycles. The van der Waals surface area contributed by atoms with Gasteiger partial charge >= 0.3 is 0 Å². The molecule has 0 unspecified atom stereocenters. The molecule has 16 heavy (non-hydrogen) atoms. The molecule has 0 bridgehead atoms. The third-order valence-corrected chi connectivity index (χ3v) is 3.71. The number of unbranched alkanes of at least 4 members (excludes halogenated alkanes) is 3. The lowest BCUT2D eigenvalue weighted by atomic mass is 10.2. The van der Waals surface area contributed by atoms with Crippen LogP contribution >= 0.6 is 43.5 Å². The Morgan fingerprint density at radius 2 is 1.62 bits per heavy atom. The van der Waals surface area contributed by atoms with Crippen molar-refractivity contribution >= 4 is 43.5 Å². The summed E-state index contributed by atoms with van der Waals surface area (Å²) in [5.41, 5.74) is 0. The van der Waals surface area contributed by atoms with E-state index < -0.39 is 0 Å². The number of para-hydroxylation sites is 1. The molecule has 0 aliphatic carbocycles. The van der Waals surface area contributed by atoms with Gasteiger partial charge in [-0.25, -0.2) is 0 Å². The van der Waals surface area contributed by atoms with Crippen molar-refractivity contribution in [1.29, 1.82) is 0 Å². The first-order chi connectivity index (χ1) is 7.75. The molecule has 0 saturated carbocycles. The molecule has 90 valence electrons. The predicted molar refractivity (Wildman–Crippen MR) is 76.5 cm³/mol. The van der Waals surface area contributed by atoms with Gasteiger partial charge in [-0.05, 0) is 56.8 Å². The molecule has 0 heterocycles. The fraction of sp³-hybridized carbons (Fsp3) is 0.500. The Labute approximate surface area is 119 Å². The van der Waals surface area contributed by atoms with Crippen LogP contribution < -0.4 is 4.74 Å². The first-order valence-electron chi connectivity index (χ1n) is 5.38. The Hall–Kier alpha value is 0.270. The molecule has 0 spiro atoms. The molecular weight excluding hydrogens is 355 g/mol. The van der Waals surface area contributed by atoms with E-state index in [2.05, 4.69) is 31.9 Å². The summed E-state index contributed by atoms with van der Waals surface area (Å²) in [6, 6.07) is 5.93. The van der Waals surface area contributed by atoms with Gasteiger partial charge in [0.2, 0.25) is 0 Å². The maximum Gasteiger partial charge on any atom is 0.147 e. The van der Waals surface area contributed by atoms with Gasteiger partial charge in [0.25, 0.3) is 0 Å². The first kappa shape index (κ1) is 14.3. The van der Waals surface area contributed by atoms with Crippen molar-refractivity contribution in [3.63, 3.8) is 0 Å². The van der Waals surface area contributed by atoms with Crippen LogP contribution in [0, 0.1) is 0 Å². The molecule has 0 aliphatic rings. The summed E-state index contributed by atoms with van der Waals surface area (Å²) in [5, 5.41) is 0. The smallest absolute Gasteiger partial charge is 0.147 e. The number of rotatable bonds is 7. The molecule has 0 fully saturated rings. The summed E-state index contributed by atoms with van der Waals surface area (Å²) >= 11 is 12.5. The average Bonchev–Trinajstić information content (AvgIpc) is 2.26. The van der Waals surface area contributed by atoms with Gasteiger partial charge in [0, 0.05) is 5.88 Å². The molecule has 1 aromatic rings. The van der Waals surface area contributed by atoms with E-state index in [1.54, 1.807) is 0 Å². The van der Waals surface area contributed by atoms with Crippen LogP contribution in [-0.2, 0) is 0 Å². The normalized spacial score (nSPS) is 10.4. The quantitative estimate of drug-likeness (QED) is 0.462. The van der Waals surface area contributed by atoms with Gasteiger partial charge in [-0.2, -0.15) is 0 Å². The Kier molecular flexibility index (Phi) is 7.50. The fourth-order valence-corrected chi connectivity index (χ4v) is 2.76. The van der Waals surface area contributed by atoms with E-state index in [4.69, 9.17) is 16.3 Å². The summed E-state index contributed by atoms with van der Waals surface area (Å²) in [6.45, 7) is 0.753. The lowest BCUT2D eigenvalue weighted by Crippen LogP contribution is -1.98. The van der Waals surface area contributed by atoms with Crippen LogP contribution in [0.25, 0.3) is 0 Å². The highest BCUT2D eigenvalue weighted by Crippen LogP contribution is 2.33. The third kappa shape index (κ3) is 5.07. The molecular formula is C12H15Br2ClO. The second-order valence-electron chi connectivity index (χ2n) is 3.50. The van der Waals surface area contributed by atoms with Crippen LogP contribution in [0.1, 0.15) is 25.7 Å². The zero-order valence-electron chi connectivity index (χ0n) is 9.02. The molecule has 1 nitrogen and oxygen atoms in total. The lowest BCUT2D eigenvalue weighted by molar-refractivity contribution is 0.301. The first-order valence-corrected chi connectivity index (χ1v) is 7.50. The van der Waals surface area contributed by atoms with Crippen LogP contribution in [0.15, 0.2) is 27.1 Å². The van der Waals surface area contributed by atoms with Crippen molar-refractivity contribution in [3.05, 3.63) is 27.1 Å². The Morgan fingerprint density at radius 3 is 2.25 bits per heavy atom. The highest BCUT2D eigenvalue weighted by molar-refractivity contribution is 9.11. The SMILES string of the molecule is ClCCCCCCOc1c(Br)cccc1Br. The van der Waals surface area contributed by atoms with Crippen LogP contribution in [0.3, 0.4) is 0 Å². The van der Waals surface area contributed by atoms with Gasteiger partial charge in [0.05, 0.1) is 15.6 Å². The highest BCUT2D eigenvalue weighted by atomic mass is 79.9. The zero-order chi connectivity index (χ0) is 11.8. The zero-order valence-corrected chi connectivity index (χ0v) is 12.9. The molecule has 0 amide bonds. The maximum absolute atomic E-state index is 5.72. The van der Waals surface area contributed by atoms with Gasteiger partial charge < -0.3 is 4.74 Å². The number of hydrogen-bond donors (Lipinski definition) is 0. The molecule has 0 radical (unpaired) electrons. The molecule has 4 heteroatoms. The number of alkyl halides is 1. The van der Waals surface area contributed by atoms with Gasteiger partial charge in [-0.1, -0.05) is 18.9 Å². The van der Waals surface area contributed by atoms with Gasteiger partial charge in [0.15, 0.2) is 0 Å². The summed E-state index contributed by atoms with van der Waals surface area (Å²) in [5.74, 6) is 1.65. The van der Waals surface area contributed by atoms with Crippen LogP contribution in [0.4, 0.5) is 0 Å². The third-order valence-electron chi connectivity index (χ3n) is 2.19. The summed E-state index contributed by atoms with van der Waals surface area (Å²) in [4.78, 5) is 0. The Balaban J connectivity index is 2.26. The summed E-state index contributed by atoms with van der Waals surface area (Å²) in [7, 11) is 0. The molecule has 0 N–H and O–H groups in total. The van der Waals surface area contributed by atoms with E-state index in [-0.39, 0.29) is 0 Å². The van der Waals surface area contributed by atoms with Crippen molar-refractivity contribution in [2.24, 2.45) is 0 Å². The molecule has 0 saturated heterocycles. The summed E-state index contributed by atoms with van der Waals surface area (Å²) in [6.07, 6.45) is 4.53. The largest absolute Gasteiger partial charge is 0.491 e. The van der Waals surface area contributed by atoms with Gasteiger partial charge in [0.1, 0.15) is 5.75 Å². The number of ether oxygens (including phenoxy) is 1. The monoisotopic (exact) mass is 368 g/mol. The van der Waals surface area contributed by atoms with Crippen LogP contribution in [0.5, 0.6) is 5.75 Å². The topological polar surface area (TPSA) is 9.23 Å². The van der Waals surface area contributed by atoms with E-state index in [0.717, 1.165) is 40.0 Å². The molecule has 0 aliphatic heterocycles. The predicted octanol–water partition coefficient (Wildman–Crippen LogP) is 5.39. The van der Waals surface area contributed by atoms with Gasteiger partial charge in [-0.15, -0.1) is 11.6 Å². The highest BCUT2D eigenvalue weighted by Gasteiger charge is 2.04. The molecule has 1 rings (SSSR count). The molecule has 1 aromatic carbocycles. The van der Waals surface area contributed by atoms with Crippen molar-refractivity contribution < 1.29 is 4.74 Å².